The predicted molar refractivity (Wildman–Crippen MR) is 94.6 cm³/mol. The summed E-state index contributed by atoms with van der Waals surface area (Å²) in [5.41, 5.74) is 7.82. The Balaban J connectivity index is 2.15. The Kier molecular flexibility index (Phi) is 3.00. The van der Waals surface area contributed by atoms with Crippen LogP contribution in [0.15, 0.2) is 72.8 Å². The average Bonchev–Trinajstić information content (AvgIpc) is 2.68. The van der Waals surface area contributed by atoms with Crippen LogP contribution in [0.4, 0.5) is 11.4 Å². The molecule has 0 radical (unpaired) electrons. The van der Waals surface area contributed by atoms with Crippen LogP contribution in [0.5, 0.6) is 0 Å². The van der Waals surface area contributed by atoms with E-state index in [4.69, 9.17) is 0 Å². The number of rotatable bonds is 1. The largest absolute Gasteiger partial charge is 0.338 e. The van der Waals surface area contributed by atoms with E-state index in [9.17, 15) is 0 Å². The van der Waals surface area contributed by atoms with Gasteiger partial charge >= 0.3 is 0 Å². The highest BCUT2D eigenvalue weighted by Gasteiger charge is 2.25. The van der Waals surface area contributed by atoms with E-state index in [2.05, 4.69) is 91.5 Å². The fourth-order valence-corrected chi connectivity index (χ4v) is 3.46. The third-order valence-corrected chi connectivity index (χ3v) is 4.35. The van der Waals surface area contributed by atoms with Gasteiger partial charge in [-0.15, -0.1) is 0 Å². The number of hydrogen-bond acceptors (Lipinski definition) is 1. The number of nitrogens with zero attached hydrogens (tertiary/aromatic N) is 1. The van der Waals surface area contributed by atoms with Crippen LogP contribution in [0.2, 0.25) is 0 Å². The Labute approximate surface area is 131 Å². The van der Waals surface area contributed by atoms with Gasteiger partial charge in [-0.25, -0.2) is 0 Å². The molecule has 0 atom stereocenters. The first-order valence-electron chi connectivity index (χ1n) is 7.84. The van der Waals surface area contributed by atoms with Gasteiger partial charge in [0, 0.05) is 28.5 Å². The summed E-state index contributed by atoms with van der Waals surface area (Å²) in [7, 11) is 0. The lowest BCUT2D eigenvalue weighted by atomic mass is 9.95. The molecule has 1 aliphatic rings. The standard InChI is InChI=1S/C21H19N/c1-15(2)22-20-13-7-5-11-18(20)16-9-3-4-10-17(16)19-12-6-8-14-21(19)22/h3-15H,1-2H3. The monoisotopic (exact) mass is 285 g/mol. The molecule has 0 bridgehead atoms. The Bertz CT molecular complexity index is 766. The number of hydrogen-bond donors (Lipinski definition) is 0. The maximum absolute atomic E-state index is 2.45. The van der Waals surface area contributed by atoms with Crippen molar-refractivity contribution in [2.24, 2.45) is 0 Å². The lowest BCUT2D eigenvalue weighted by Crippen LogP contribution is -2.25. The molecule has 4 rings (SSSR count). The van der Waals surface area contributed by atoms with Crippen molar-refractivity contribution in [2.75, 3.05) is 4.90 Å². The average molecular weight is 285 g/mol. The van der Waals surface area contributed by atoms with E-state index < -0.39 is 0 Å². The Morgan fingerprint density at radius 1 is 0.545 bits per heavy atom. The van der Waals surface area contributed by atoms with Crippen LogP contribution < -0.4 is 4.90 Å². The van der Waals surface area contributed by atoms with E-state index in [0.29, 0.717) is 6.04 Å². The van der Waals surface area contributed by atoms with Crippen LogP contribution in [0.3, 0.4) is 0 Å². The number of anilines is 2. The molecule has 0 saturated carbocycles. The van der Waals surface area contributed by atoms with Crippen LogP contribution in [-0.2, 0) is 0 Å². The Morgan fingerprint density at radius 3 is 1.32 bits per heavy atom. The Morgan fingerprint density at radius 2 is 0.909 bits per heavy atom. The number of benzene rings is 3. The summed E-state index contributed by atoms with van der Waals surface area (Å²) in [6.45, 7) is 4.51. The zero-order valence-electron chi connectivity index (χ0n) is 13.0. The first-order chi connectivity index (χ1) is 10.8. The molecular formula is C21H19N. The van der Waals surface area contributed by atoms with E-state index >= 15 is 0 Å². The minimum atomic E-state index is 0.400. The van der Waals surface area contributed by atoms with Crippen molar-refractivity contribution in [3.63, 3.8) is 0 Å². The topological polar surface area (TPSA) is 3.24 Å². The van der Waals surface area contributed by atoms with Crippen molar-refractivity contribution in [2.45, 2.75) is 19.9 Å². The molecule has 0 amide bonds. The summed E-state index contributed by atoms with van der Waals surface area (Å²) in [5, 5.41) is 0. The van der Waals surface area contributed by atoms with Crippen molar-refractivity contribution in [1.29, 1.82) is 0 Å². The van der Waals surface area contributed by atoms with Gasteiger partial charge in [-0.05, 0) is 37.1 Å². The van der Waals surface area contributed by atoms with Crippen LogP contribution >= 0.6 is 0 Å². The second-order valence-electron chi connectivity index (χ2n) is 6.04. The molecule has 3 aromatic rings. The van der Waals surface area contributed by atoms with Crippen molar-refractivity contribution in [3.8, 4) is 22.3 Å². The Hall–Kier alpha value is -2.54. The third-order valence-electron chi connectivity index (χ3n) is 4.35. The van der Waals surface area contributed by atoms with Crippen LogP contribution in [0.25, 0.3) is 22.3 Å². The van der Waals surface area contributed by atoms with Gasteiger partial charge in [0.15, 0.2) is 0 Å². The molecule has 0 fully saturated rings. The minimum absolute atomic E-state index is 0.400. The van der Waals surface area contributed by atoms with Crippen molar-refractivity contribution >= 4 is 11.4 Å². The molecule has 1 heterocycles. The van der Waals surface area contributed by atoms with E-state index in [-0.39, 0.29) is 0 Å². The van der Waals surface area contributed by atoms with Crippen molar-refractivity contribution in [3.05, 3.63) is 72.8 Å². The fraction of sp³-hybridized carbons (Fsp3) is 0.143. The highest BCUT2D eigenvalue weighted by molar-refractivity contribution is 5.99. The molecule has 1 heteroatoms. The summed E-state index contributed by atoms with van der Waals surface area (Å²) < 4.78 is 0. The van der Waals surface area contributed by atoms with Gasteiger partial charge in [0.1, 0.15) is 0 Å². The quantitative estimate of drug-likeness (QED) is 0.539. The molecule has 0 unspecified atom stereocenters. The van der Waals surface area contributed by atoms with Gasteiger partial charge in [-0.3, -0.25) is 0 Å². The normalized spacial score (nSPS) is 12.4. The first kappa shape index (κ1) is 13.1. The molecular weight excluding hydrogens is 266 g/mol. The fourth-order valence-electron chi connectivity index (χ4n) is 3.46. The summed E-state index contributed by atoms with van der Waals surface area (Å²) >= 11 is 0. The maximum atomic E-state index is 2.45. The molecule has 108 valence electrons. The molecule has 0 saturated heterocycles. The number of para-hydroxylation sites is 2. The van der Waals surface area contributed by atoms with Gasteiger partial charge in [0.2, 0.25) is 0 Å². The molecule has 0 N–H and O–H groups in total. The molecule has 22 heavy (non-hydrogen) atoms. The molecule has 0 aromatic heterocycles. The molecule has 1 nitrogen and oxygen atoms in total. The van der Waals surface area contributed by atoms with Gasteiger partial charge in [-0.2, -0.15) is 0 Å². The minimum Gasteiger partial charge on any atom is -0.338 e. The third kappa shape index (κ3) is 1.86. The van der Waals surface area contributed by atoms with Crippen molar-refractivity contribution in [1.82, 2.24) is 0 Å². The summed E-state index contributed by atoms with van der Waals surface area (Å²) in [4.78, 5) is 2.45. The van der Waals surface area contributed by atoms with Gasteiger partial charge < -0.3 is 4.90 Å². The summed E-state index contributed by atoms with van der Waals surface area (Å²) in [6.07, 6.45) is 0. The van der Waals surface area contributed by atoms with Crippen LogP contribution in [0.1, 0.15) is 13.8 Å². The zero-order valence-corrected chi connectivity index (χ0v) is 13.0. The molecule has 0 spiro atoms. The maximum Gasteiger partial charge on any atom is 0.0493 e. The van der Waals surface area contributed by atoms with Crippen LogP contribution in [0, 0.1) is 0 Å². The van der Waals surface area contributed by atoms with Gasteiger partial charge in [-0.1, -0.05) is 60.7 Å². The molecule has 0 aliphatic carbocycles. The summed E-state index contributed by atoms with van der Waals surface area (Å²) in [6, 6.07) is 26.6. The second kappa shape index (κ2) is 5.03. The predicted octanol–water partition coefficient (Wildman–Crippen LogP) is 5.88. The zero-order chi connectivity index (χ0) is 15.1. The summed E-state index contributed by atoms with van der Waals surface area (Å²) in [5.74, 6) is 0. The lowest BCUT2D eigenvalue weighted by molar-refractivity contribution is 0.791. The van der Waals surface area contributed by atoms with E-state index in [1.165, 1.54) is 33.6 Å². The highest BCUT2D eigenvalue weighted by atomic mass is 15.2. The van der Waals surface area contributed by atoms with Gasteiger partial charge in [0.05, 0.1) is 0 Å². The number of fused-ring (bicyclic) bond motifs is 5. The highest BCUT2D eigenvalue weighted by Crippen LogP contribution is 2.47. The lowest BCUT2D eigenvalue weighted by Gasteiger charge is -2.30. The van der Waals surface area contributed by atoms with Crippen molar-refractivity contribution < 1.29 is 0 Å². The SMILES string of the molecule is CC(C)N1c2ccccc2-c2ccccc2-c2ccccc21. The molecule has 3 aromatic carbocycles. The van der Waals surface area contributed by atoms with Crippen LogP contribution in [-0.4, -0.2) is 6.04 Å². The van der Waals surface area contributed by atoms with E-state index in [0.717, 1.165) is 0 Å². The first-order valence-corrected chi connectivity index (χ1v) is 7.84. The van der Waals surface area contributed by atoms with E-state index in [1.807, 2.05) is 0 Å². The second-order valence-corrected chi connectivity index (χ2v) is 6.04. The van der Waals surface area contributed by atoms with E-state index in [1.54, 1.807) is 0 Å². The smallest absolute Gasteiger partial charge is 0.0493 e. The van der Waals surface area contributed by atoms with Gasteiger partial charge in [0.25, 0.3) is 0 Å². The molecule has 1 aliphatic heterocycles.